The quantitative estimate of drug-likeness (QED) is 0.673. The summed E-state index contributed by atoms with van der Waals surface area (Å²) in [5.41, 5.74) is 1.17. The van der Waals surface area contributed by atoms with E-state index in [4.69, 9.17) is 0 Å². The normalized spacial score (nSPS) is 15.5. The minimum Gasteiger partial charge on any atom is -0.354 e. The lowest BCUT2D eigenvalue weighted by molar-refractivity contribution is -0.118. The van der Waals surface area contributed by atoms with E-state index >= 15 is 0 Å². The van der Waals surface area contributed by atoms with Crippen LogP contribution < -0.4 is 15.5 Å². The number of likely N-dealkylation sites (N-methyl/N-ethyl adjacent to an activating group) is 1. The van der Waals surface area contributed by atoms with Crippen LogP contribution >= 0.6 is 11.8 Å². The van der Waals surface area contributed by atoms with Gasteiger partial charge in [-0.15, -0.1) is 0 Å². The molecule has 1 aliphatic rings. The summed E-state index contributed by atoms with van der Waals surface area (Å²) in [6.45, 7) is 3.91. The topological polar surface area (TPSA) is 77.6 Å². The molecule has 2 amide bonds. The van der Waals surface area contributed by atoms with Gasteiger partial charge in [-0.2, -0.15) is 11.8 Å². The fourth-order valence-corrected chi connectivity index (χ4v) is 3.72. The first-order valence-corrected chi connectivity index (χ1v) is 11.5. The average Bonchev–Trinajstić information content (AvgIpc) is 2.78. The second-order valence-corrected chi connectivity index (χ2v) is 8.34. The molecule has 2 aromatic rings. The summed E-state index contributed by atoms with van der Waals surface area (Å²) in [5.74, 6) is 1.20. The molecule has 1 aromatic heterocycles. The van der Waals surface area contributed by atoms with Crippen LogP contribution in [0.2, 0.25) is 0 Å². The Bertz CT molecular complexity index is 823. The molecule has 0 saturated carbocycles. The molecule has 3 rings (SSSR count). The lowest BCUT2D eigenvalue weighted by Gasteiger charge is -2.33. The van der Waals surface area contributed by atoms with Gasteiger partial charge in [0.15, 0.2) is 0 Å². The first-order valence-electron chi connectivity index (χ1n) is 10.1. The highest BCUT2D eigenvalue weighted by molar-refractivity contribution is 7.98. The Kier molecular flexibility index (Phi) is 8.10. The summed E-state index contributed by atoms with van der Waals surface area (Å²) in [4.78, 5) is 34.4. The number of piperazine rings is 1. The molecule has 30 heavy (non-hydrogen) atoms. The Labute approximate surface area is 182 Å². The zero-order chi connectivity index (χ0) is 21.3. The molecular formula is C22H29N5O2S. The van der Waals surface area contributed by atoms with E-state index in [9.17, 15) is 9.59 Å². The molecule has 0 aliphatic carbocycles. The first kappa shape index (κ1) is 22.1. The molecule has 160 valence electrons. The maximum absolute atomic E-state index is 12.8. The van der Waals surface area contributed by atoms with E-state index < -0.39 is 6.04 Å². The number of nitrogens with zero attached hydrogens (tertiary/aromatic N) is 3. The summed E-state index contributed by atoms with van der Waals surface area (Å²) in [6, 6.07) is 12.1. The van der Waals surface area contributed by atoms with Gasteiger partial charge in [0.25, 0.3) is 5.91 Å². The van der Waals surface area contributed by atoms with E-state index in [0.717, 1.165) is 37.7 Å². The summed E-state index contributed by atoms with van der Waals surface area (Å²) in [5, 5.41) is 5.75. The molecule has 8 heteroatoms. The van der Waals surface area contributed by atoms with Crippen LogP contribution in [0.1, 0.15) is 16.8 Å². The lowest BCUT2D eigenvalue weighted by Crippen LogP contribution is -2.45. The van der Waals surface area contributed by atoms with Crippen molar-refractivity contribution in [1.29, 1.82) is 0 Å². The average molecular weight is 428 g/mol. The molecular weight excluding hydrogens is 398 g/mol. The molecule has 0 bridgehead atoms. The van der Waals surface area contributed by atoms with Crippen LogP contribution in [0.25, 0.3) is 0 Å². The Morgan fingerprint density at radius 2 is 1.83 bits per heavy atom. The Morgan fingerprint density at radius 1 is 1.10 bits per heavy atom. The fraction of sp³-hybridized carbons (Fsp3) is 0.409. The highest BCUT2D eigenvalue weighted by Crippen LogP contribution is 2.16. The van der Waals surface area contributed by atoms with Crippen LogP contribution in [0, 0.1) is 0 Å². The molecule has 1 aromatic carbocycles. The van der Waals surface area contributed by atoms with Crippen LogP contribution in [0.4, 0.5) is 11.5 Å². The smallest absolute Gasteiger partial charge is 0.251 e. The van der Waals surface area contributed by atoms with Crippen molar-refractivity contribution in [3.05, 3.63) is 54.2 Å². The zero-order valence-electron chi connectivity index (χ0n) is 17.5. The Morgan fingerprint density at radius 3 is 2.47 bits per heavy atom. The van der Waals surface area contributed by atoms with E-state index in [0.29, 0.717) is 17.7 Å². The second-order valence-electron chi connectivity index (χ2n) is 7.36. The van der Waals surface area contributed by atoms with Crippen LogP contribution in [0.5, 0.6) is 0 Å². The van der Waals surface area contributed by atoms with Crippen LogP contribution in [0.3, 0.4) is 0 Å². The predicted octanol–water partition coefficient (Wildman–Crippen LogP) is 2.32. The molecule has 1 aliphatic heterocycles. The van der Waals surface area contributed by atoms with Crippen molar-refractivity contribution in [1.82, 2.24) is 15.2 Å². The van der Waals surface area contributed by atoms with Crippen LogP contribution in [-0.4, -0.2) is 73.0 Å². The van der Waals surface area contributed by atoms with Crippen molar-refractivity contribution >= 4 is 35.1 Å². The van der Waals surface area contributed by atoms with Gasteiger partial charge in [0.2, 0.25) is 5.91 Å². The number of aromatic nitrogens is 1. The summed E-state index contributed by atoms with van der Waals surface area (Å²) >= 11 is 1.64. The van der Waals surface area contributed by atoms with E-state index in [1.165, 1.54) is 0 Å². The molecule has 2 N–H and O–H groups in total. The highest BCUT2D eigenvalue weighted by Gasteiger charge is 2.22. The number of hydrogen-bond donors (Lipinski definition) is 2. The molecule has 1 fully saturated rings. The molecule has 0 unspecified atom stereocenters. The third kappa shape index (κ3) is 6.21. The van der Waals surface area contributed by atoms with Crippen molar-refractivity contribution in [3.63, 3.8) is 0 Å². The van der Waals surface area contributed by atoms with Crippen molar-refractivity contribution in [3.8, 4) is 0 Å². The van der Waals surface area contributed by atoms with Gasteiger partial charge in [0.05, 0.1) is 11.9 Å². The minimum atomic E-state index is -0.609. The van der Waals surface area contributed by atoms with Gasteiger partial charge in [-0.25, -0.2) is 4.98 Å². The van der Waals surface area contributed by atoms with E-state index in [-0.39, 0.29) is 11.8 Å². The third-order valence-corrected chi connectivity index (χ3v) is 5.76. The zero-order valence-corrected chi connectivity index (χ0v) is 18.3. The van der Waals surface area contributed by atoms with Gasteiger partial charge in [0, 0.05) is 31.7 Å². The molecule has 1 atom stereocenters. The van der Waals surface area contributed by atoms with Gasteiger partial charge in [0.1, 0.15) is 11.9 Å². The number of carbonyl (C=O) groups is 2. The number of carbonyl (C=O) groups excluding carboxylic acids is 2. The minimum absolute atomic E-state index is 0.234. The van der Waals surface area contributed by atoms with Crippen molar-refractivity contribution in [2.24, 2.45) is 0 Å². The monoisotopic (exact) mass is 427 g/mol. The third-order valence-electron chi connectivity index (χ3n) is 5.11. The molecule has 7 nitrogen and oxygen atoms in total. The standard InChI is InChI=1S/C22H29N5O2S/c1-26-11-13-27(14-12-26)20-9-8-18(16-23-20)24-22(29)19(10-15-30-2)25-21(28)17-6-4-3-5-7-17/h3-9,16,19H,10-15H2,1-2H3,(H,24,29)(H,25,28)/t19-/m0/s1. The highest BCUT2D eigenvalue weighted by atomic mass is 32.2. The maximum atomic E-state index is 12.8. The number of nitrogens with one attached hydrogen (secondary N) is 2. The van der Waals surface area contributed by atoms with Crippen LogP contribution in [-0.2, 0) is 4.79 Å². The maximum Gasteiger partial charge on any atom is 0.251 e. The molecule has 1 saturated heterocycles. The van der Waals surface area contributed by atoms with Crippen molar-refractivity contribution < 1.29 is 9.59 Å². The van der Waals surface area contributed by atoms with E-state index in [1.807, 2.05) is 24.5 Å². The number of thioether (sulfide) groups is 1. The Hall–Kier alpha value is -2.58. The largest absolute Gasteiger partial charge is 0.354 e. The van der Waals surface area contributed by atoms with Gasteiger partial charge < -0.3 is 20.4 Å². The number of hydrogen-bond acceptors (Lipinski definition) is 6. The van der Waals surface area contributed by atoms with Crippen molar-refractivity contribution in [2.75, 3.05) is 55.5 Å². The Balaban J connectivity index is 1.61. The van der Waals surface area contributed by atoms with Gasteiger partial charge in [-0.1, -0.05) is 18.2 Å². The number of pyridine rings is 1. The number of benzene rings is 1. The lowest BCUT2D eigenvalue weighted by atomic mass is 10.1. The van der Waals surface area contributed by atoms with Crippen molar-refractivity contribution in [2.45, 2.75) is 12.5 Å². The number of anilines is 2. The second kappa shape index (κ2) is 11.0. The molecule has 0 spiro atoms. The number of amides is 2. The summed E-state index contributed by atoms with van der Waals surface area (Å²) in [6.07, 6.45) is 4.21. The van der Waals surface area contributed by atoms with Crippen LogP contribution in [0.15, 0.2) is 48.7 Å². The van der Waals surface area contributed by atoms with E-state index in [2.05, 4.69) is 32.5 Å². The first-order chi connectivity index (χ1) is 14.6. The SMILES string of the molecule is CSCC[C@H](NC(=O)c1ccccc1)C(=O)Nc1ccc(N2CCN(C)CC2)nc1. The summed E-state index contributed by atoms with van der Waals surface area (Å²) in [7, 11) is 2.12. The van der Waals surface area contributed by atoms with Gasteiger partial charge in [-0.3, -0.25) is 9.59 Å². The number of rotatable bonds is 8. The fourth-order valence-electron chi connectivity index (χ4n) is 3.25. The van der Waals surface area contributed by atoms with E-state index in [1.54, 1.807) is 42.2 Å². The van der Waals surface area contributed by atoms with Gasteiger partial charge >= 0.3 is 0 Å². The summed E-state index contributed by atoms with van der Waals surface area (Å²) < 4.78 is 0. The predicted molar refractivity (Wildman–Crippen MR) is 123 cm³/mol. The molecule has 0 radical (unpaired) electrons. The van der Waals surface area contributed by atoms with Gasteiger partial charge in [-0.05, 0) is 49.7 Å². The molecule has 2 heterocycles.